The van der Waals surface area contributed by atoms with Gasteiger partial charge in [-0.15, -0.1) is 0 Å². The van der Waals surface area contributed by atoms with Crippen molar-refractivity contribution in [1.82, 2.24) is 19.6 Å². The summed E-state index contributed by atoms with van der Waals surface area (Å²) >= 11 is 5.99. The molecular formula is C14H9ClF5N5. The quantitative estimate of drug-likeness (QED) is 0.552. The van der Waals surface area contributed by atoms with Crippen LogP contribution in [0.5, 0.6) is 0 Å². The average Bonchev–Trinajstić information content (AvgIpc) is 2.96. The van der Waals surface area contributed by atoms with Crippen LogP contribution in [0.15, 0.2) is 24.5 Å². The summed E-state index contributed by atoms with van der Waals surface area (Å²) in [6, 6.07) is 0.982. The third-order valence-corrected chi connectivity index (χ3v) is 3.71. The van der Waals surface area contributed by atoms with E-state index in [2.05, 4.69) is 20.4 Å². The van der Waals surface area contributed by atoms with Crippen LogP contribution >= 0.6 is 11.6 Å². The second-order valence-electron chi connectivity index (χ2n) is 5.10. The molecule has 3 aromatic rings. The Morgan fingerprint density at radius 3 is 2.40 bits per heavy atom. The number of alkyl halides is 3. The Kier molecular flexibility index (Phi) is 4.23. The van der Waals surface area contributed by atoms with Crippen LogP contribution in [-0.4, -0.2) is 31.8 Å². The number of halogens is 6. The van der Waals surface area contributed by atoms with Gasteiger partial charge in [0.05, 0.1) is 11.1 Å². The van der Waals surface area contributed by atoms with Crippen molar-refractivity contribution in [3.8, 4) is 11.1 Å². The molecule has 0 radical (unpaired) electrons. The fraction of sp³-hybridized carbons (Fsp3) is 0.214. The van der Waals surface area contributed by atoms with Gasteiger partial charge in [0.2, 0.25) is 0 Å². The van der Waals surface area contributed by atoms with E-state index in [4.69, 9.17) is 11.6 Å². The van der Waals surface area contributed by atoms with Crippen LogP contribution < -0.4 is 5.32 Å². The number of anilines is 1. The van der Waals surface area contributed by atoms with E-state index in [0.717, 1.165) is 36.0 Å². The number of fused-ring (bicyclic) bond motifs is 1. The summed E-state index contributed by atoms with van der Waals surface area (Å²) < 4.78 is 68.1. The lowest BCUT2D eigenvalue weighted by Gasteiger charge is -2.21. The van der Waals surface area contributed by atoms with Gasteiger partial charge in [0, 0.05) is 0 Å². The van der Waals surface area contributed by atoms with Gasteiger partial charge < -0.3 is 5.32 Å². The first kappa shape index (κ1) is 17.3. The van der Waals surface area contributed by atoms with Crippen molar-refractivity contribution >= 4 is 23.2 Å². The zero-order chi connectivity index (χ0) is 18.4. The Hall–Kier alpha value is -2.49. The summed E-state index contributed by atoms with van der Waals surface area (Å²) in [4.78, 5) is 7.56. The Labute approximate surface area is 142 Å². The minimum atomic E-state index is -4.62. The van der Waals surface area contributed by atoms with E-state index in [1.54, 1.807) is 0 Å². The van der Waals surface area contributed by atoms with E-state index in [0.29, 0.717) is 0 Å². The van der Waals surface area contributed by atoms with Gasteiger partial charge in [0.25, 0.3) is 5.78 Å². The number of aromatic nitrogens is 4. The Morgan fingerprint density at radius 2 is 1.80 bits per heavy atom. The molecule has 3 rings (SSSR count). The monoisotopic (exact) mass is 377 g/mol. The molecule has 1 aromatic carbocycles. The molecule has 2 aromatic heterocycles. The third-order valence-electron chi connectivity index (χ3n) is 3.44. The van der Waals surface area contributed by atoms with Crippen molar-refractivity contribution in [3.63, 3.8) is 0 Å². The summed E-state index contributed by atoms with van der Waals surface area (Å²) in [5, 5.41) is 5.49. The summed E-state index contributed by atoms with van der Waals surface area (Å²) in [6.45, 7) is 0.846. The lowest BCUT2D eigenvalue weighted by atomic mass is 10.1. The van der Waals surface area contributed by atoms with Crippen molar-refractivity contribution < 1.29 is 22.0 Å². The molecule has 0 saturated carbocycles. The van der Waals surface area contributed by atoms with Gasteiger partial charge in [0.1, 0.15) is 35.0 Å². The van der Waals surface area contributed by atoms with E-state index < -0.39 is 34.6 Å². The van der Waals surface area contributed by atoms with Crippen molar-refractivity contribution in [3.05, 3.63) is 41.3 Å². The maximum Gasteiger partial charge on any atom is 0.408 e. The standard InChI is InChI=1S/C14H9ClF5N5/c1-6(14(18,19)20)23-12-10(9-7(16)3-2-4-8(9)17)11(15)24-13-21-5-22-25(12)13/h2-6,23H,1H3/t6-/m0/s1. The third kappa shape index (κ3) is 3.09. The molecular weight excluding hydrogens is 369 g/mol. The van der Waals surface area contributed by atoms with Crippen LogP contribution in [-0.2, 0) is 0 Å². The maximum atomic E-state index is 14.2. The van der Waals surface area contributed by atoms with E-state index in [1.165, 1.54) is 0 Å². The zero-order valence-corrected chi connectivity index (χ0v) is 13.2. The SMILES string of the molecule is C[C@H](Nc1c(-c2c(F)cccc2F)c(Cl)nc2ncnn12)C(F)(F)F. The minimum Gasteiger partial charge on any atom is -0.358 e. The van der Waals surface area contributed by atoms with E-state index in [-0.39, 0.29) is 17.2 Å². The largest absolute Gasteiger partial charge is 0.408 e. The molecule has 0 spiro atoms. The topological polar surface area (TPSA) is 55.1 Å². The molecule has 11 heteroatoms. The van der Waals surface area contributed by atoms with Gasteiger partial charge in [0.15, 0.2) is 0 Å². The molecule has 5 nitrogen and oxygen atoms in total. The highest BCUT2D eigenvalue weighted by Gasteiger charge is 2.37. The van der Waals surface area contributed by atoms with Crippen LogP contribution in [0.4, 0.5) is 27.8 Å². The molecule has 132 valence electrons. The fourth-order valence-electron chi connectivity index (χ4n) is 2.20. The molecule has 0 amide bonds. The Morgan fingerprint density at radius 1 is 1.16 bits per heavy atom. The average molecular weight is 378 g/mol. The highest BCUT2D eigenvalue weighted by atomic mass is 35.5. The number of hydrogen-bond donors (Lipinski definition) is 1. The molecule has 1 atom stereocenters. The first-order valence-electron chi connectivity index (χ1n) is 6.87. The number of rotatable bonds is 3. The Balaban J connectivity index is 2.31. The van der Waals surface area contributed by atoms with Gasteiger partial charge in [-0.25, -0.2) is 8.78 Å². The predicted molar refractivity (Wildman–Crippen MR) is 80.3 cm³/mol. The molecule has 0 aliphatic rings. The van der Waals surface area contributed by atoms with Crippen molar-refractivity contribution in [1.29, 1.82) is 0 Å². The fourth-order valence-corrected chi connectivity index (χ4v) is 2.45. The van der Waals surface area contributed by atoms with Crippen LogP contribution in [0.1, 0.15) is 6.92 Å². The number of nitrogens with one attached hydrogen (secondary N) is 1. The maximum absolute atomic E-state index is 14.2. The lowest BCUT2D eigenvalue weighted by Crippen LogP contribution is -2.34. The van der Waals surface area contributed by atoms with Gasteiger partial charge in [-0.1, -0.05) is 17.7 Å². The van der Waals surface area contributed by atoms with Gasteiger partial charge in [-0.05, 0) is 19.1 Å². The molecule has 0 saturated heterocycles. The normalized spacial score (nSPS) is 13.2. The van der Waals surface area contributed by atoms with E-state index in [9.17, 15) is 22.0 Å². The first-order chi connectivity index (χ1) is 11.7. The zero-order valence-electron chi connectivity index (χ0n) is 12.4. The van der Waals surface area contributed by atoms with Crippen molar-refractivity contribution in [2.24, 2.45) is 0 Å². The van der Waals surface area contributed by atoms with Gasteiger partial charge in [-0.2, -0.15) is 32.8 Å². The summed E-state index contributed by atoms with van der Waals surface area (Å²) in [5.74, 6) is -2.51. The van der Waals surface area contributed by atoms with Crippen LogP contribution in [0.2, 0.25) is 5.15 Å². The molecule has 0 aliphatic carbocycles. The second-order valence-corrected chi connectivity index (χ2v) is 5.46. The van der Waals surface area contributed by atoms with Crippen LogP contribution in [0.3, 0.4) is 0 Å². The Bertz CT molecular complexity index is 919. The van der Waals surface area contributed by atoms with Crippen molar-refractivity contribution in [2.75, 3.05) is 5.32 Å². The predicted octanol–water partition coefficient (Wildman–Crippen LogP) is 4.09. The number of hydrogen-bond acceptors (Lipinski definition) is 4. The highest BCUT2D eigenvalue weighted by molar-refractivity contribution is 6.33. The molecule has 0 unspecified atom stereocenters. The van der Waals surface area contributed by atoms with Crippen LogP contribution in [0.25, 0.3) is 16.9 Å². The molecule has 1 N–H and O–H groups in total. The summed E-state index contributed by atoms with van der Waals surface area (Å²) in [6.07, 6.45) is -3.59. The molecule has 0 aliphatic heterocycles. The van der Waals surface area contributed by atoms with E-state index in [1.807, 2.05) is 0 Å². The van der Waals surface area contributed by atoms with Gasteiger partial charge in [-0.3, -0.25) is 0 Å². The molecule has 2 heterocycles. The number of benzene rings is 1. The first-order valence-corrected chi connectivity index (χ1v) is 7.25. The molecule has 0 bridgehead atoms. The molecule has 25 heavy (non-hydrogen) atoms. The smallest absolute Gasteiger partial charge is 0.358 e. The van der Waals surface area contributed by atoms with Crippen LogP contribution in [0, 0.1) is 11.6 Å². The second kappa shape index (κ2) is 6.10. The van der Waals surface area contributed by atoms with Crippen molar-refractivity contribution in [2.45, 2.75) is 19.1 Å². The molecule has 0 fully saturated rings. The number of nitrogens with zero attached hydrogens (tertiary/aromatic N) is 4. The summed E-state index contributed by atoms with van der Waals surface area (Å²) in [7, 11) is 0. The lowest BCUT2D eigenvalue weighted by molar-refractivity contribution is -0.138. The summed E-state index contributed by atoms with van der Waals surface area (Å²) in [5.41, 5.74) is -0.999. The highest BCUT2D eigenvalue weighted by Crippen LogP contribution is 2.38. The minimum absolute atomic E-state index is 0.123. The van der Waals surface area contributed by atoms with E-state index >= 15 is 0 Å². The van der Waals surface area contributed by atoms with Gasteiger partial charge >= 0.3 is 6.18 Å².